The number of hydrogen-bond acceptors (Lipinski definition) is 2. The zero-order valence-corrected chi connectivity index (χ0v) is 23.4. The molecule has 5 aliphatic rings. The number of rotatable bonds is 9. The second-order valence-electron chi connectivity index (χ2n) is 11.1. The first-order valence-electron chi connectivity index (χ1n) is 14.9. The maximum atomic E-state index is 3.90. The minimum absolute atomic E-state index is 0.325. The van der Waals surface area contributed by atoms with Crippen molar-refractivity contribution in [2.24, 2.45) is 11.8 Å². The van der Waals surface area contributed by atoms with E-state index in [1.54, 1.807) is 0 Å². The molecule has 5 aliphatic carbocycles. The summed E-state index contributed by atoms with van der Waals surface area (Å²) in [4.78, 5) is 5.10. The number of fused-ring (bicyclic) bond motifs is 2. The molecule has 0 aromatic heterocycles. The summed E-state index contributed by atoms with van der Waals surface area (Å²) in [5, 5.41) is 2.68. The normalized spacial score (nSPS) is 26.1. The van der Waals surface area contributed by atoms with Gasteiger partial charge in [0.25, 0.3) is 0 Å². The third kappa shape index (κ3) is 5.77. The average molecular weight is 525 g/mol. The molecule has 0 bridgehead atoms. The van der Waals surface area contributed by atoms with Crippen molar-refractivity contribution in [1.29, 1.82) is 0 Å². The monoisotopic (exact) mass is 524 g/mol. The summed E-state index contributed by atoms with van der Waals surface area (Å²) >= 11 is 0. The van der Waals surface area contributed by atoms with E-state index in [4.69, 9.17) is 0 Å². The van der Waals surface area contributed by atoms with Crippen molar-refractivity contribution in [1.82, 2.24) is 9.80 Å². The highest BCUT2D eigenvalue weighted by molar-refractivity contribution is 5.45. The van der Waals surface area contributed by atoms with E-state index in [1.807, 2.05) is 6.08 Å². The number of allylic oxidation sites excluding steroid dienone is 15. The lowest BCUT2D eigenvalue weighted by molar-refractivity contribution is 0.339. The molecule has 4 atom stereocenters. The van der Waals surface area contributed by atoms with Gasteiger partial charge in [-0.05, 0) is 67.2 Å². The minimum Gasteiger partial charge on any atom is -0.345 e. The van der Waals surface area contributed by atoms with Gasteiger partial charge in [0.2, 0.25) is 0 Å². The van der Waals surface area contributed by atoms with Crippen molar-refractivity contribution < 1.29 is 0 Å². The number of hydrogen-bond donors (Lipinski definition) is 0. The Balaban J connectivity index is 1.31. The van der Waals surface area contributed by atoms with Gasteiger partial charge >= 0.3 is 0 Å². The fourth-order valence-corrected chi connectivity index (χ4v) is 6.37. The predicted molar refractivity (Wildman–Crippen MR) is 170 cm³/mol. The van der Waals surface area contributed by atoms with Crippen molar-refractivity contribution in [3.05, 3.63) is 156 Å². The maximum Gasteiger partial charge on any atom is 0.0556 e. The molecule has 0 radical (unpaired) electrons. The van der Waals surface area contributed by atoms with Crippen molar-refractivity contribution >= 4 is 12.2 Å². The molecule has 0 N–H and O–H groups in total. The Hall–Kier alpha value is -4.04. The van der Waals surface area contributed by atoms with Gasteiger partial charge in [0, 0.05) is 35.1 Å². The summed E-state index contributed by atoms with van der Waals surface area (Å²) in [5.74, 6) is 0.905. The number of nitrogens with zero attached hydrogens (tertiary/aromatic N) is 2. The third-order valence-corrected chi connectivity index (χ3v) is 8.50. The first-order chi connectivity index (χ1) is 19.8. The van der Waals surface area contributed by atoms with Gasteiger partial charge in [-0.15, -0.1) is 6.58 Å². The standard InChI is InChI=1S/C38H40N2/c1-2-3-4-12-27-39(37-21-19-30-13-8-10-15-32(30)28-37)34-23-25-36(26-24-34)40(35-17-6-5-7-18-35)38-22-20-31-14-9-11-16-33(31)29-38/h2,5-17,19-20,22-23,25,27-29,31,33,35,37H,1,3-4,18,21,24,26H2. The van der Waals surface area contributed by atoms with E-state index >= 15 is 0 Å². The van der Waals surface area contributed by atoms with Crippen molar-refractivity contribution in [3.8, 4) is 0 Å². The van der Waals surface area contributed by atoms with Crippen LogP contribution in [-0.4, -0.2) is 21.9 Å². The molecular formula is C38H40N2. The van der Waals surface area contributed by atoms with Crippen molar-refractivity contribution in [2.45, 2.75) is 50.6 Å². The van der Waals surface area contributed by atoms with Crippen LogP contribution in [0.2, 0.25) is 0 Å². The highest BCUT2D eigenvalue weighted by Crippen LogP contribution is 2.36. The Bertz CT molecular complexity index is 1500. The van der Waals surface area contributed by atoms with Gasteiger partial charge < -0.3 is 9.80 Å². The van der Waals surface area contributed by atoms with Gasteiger partial charge in [0.05, 0.1) is 12.1 Å². The smallest absolute Gasteiger partial charge is 0.0556 e. The van der Waals surface area contributed by atoms with E-state index < -0.39 is 0 Å². The van der Waals surface area contributed by atoms with Crippen LogP contribution in [0.4, 0.5) is 0 Å². The zero-order valence-electron chi connectivity index (χ0n) is 23.4. The lowest BCUT2D eigenvalue weighted by atomic mass is 9.83. The topological polar surface area (TPSA) is 6.48 Å². The summed E-state index contributed by atoms with van der Waals surface area (Å²) in [6.45, 7) is 3.90. The third-order valence-electron chi connectivity index (χ3n) is 8.50. The summed E-state index contributed by atoms with van der Waals surface area (Å²) < 4.78 is 0. The van der Waals surface area contributed by atoms with Crippen LogP contribution >= 0.6 is 0 Å². The Kier molecular flexibility index (Phi) is 8.14. The van der Waals surface area contributed by atoms with Gasteiger partial charge in [-0.2, -0.15) is 0 Å². The number of unbranched alkanes of at least 4 members (excludes halogenated alkanes) is 1. The molecule has 0 saturated carbocycles. The molecule has 1 aromatic carbocycles. The van der Waals surface area contributed by atoms with E-state index in [1.165, 1.54) is 27.5 Å². The van der Waals surface area contributed by atoms with Crippen LogP contribution in [0, 0.1) is 11.8 Å². The maximum absolute atomic E-state index is 3.90. The van der Waals surface area contributed by atoms with Crippen LogP contribution in [0.5, 0.6) is 0 Å². The van der Waals surface area contributed by atoms with Crippen LogP contribution < -0.4 is 10.4 Å². The molecule has 6 rings (SSSR count). The van der Waals surface area contributed by atoms with E-state index in [9.17, 15) is 0 Å². The number of benzene rings is 1. The Morgan fingerprint density at radius 2 is 1.57 bits per heavy atom. The van der Waals surface area contributed by atoms with Crippen LogP contribution in [0.1, 0.15) is 38.5 Å². The van der Waals surface area contributed by atoms with Crippen LogP contribution in [0.3, 0.4) is 0 Å². The van der Waals surface area contributed by atoms with E-state index in [0.29, 0.717) is 23.9 Å². The highest BCUT2D eigenvalue weighted by Gasteiger charge is 2.28. The molecule has 0 heterocycles. The second kappa shape index (κ2) is 12.4. The molecule has 40 heavy (non-hydrogen) atoms. The van der Waals surface area contributed by atoms with Gasteiger partial charge in [-0.1, -0.05) is 109 Å². The molecule has 1 aromatic rings. The Morgan fingerprint density at radius 1 is 0.775 bits per heavy atom. The Morgan fingerprint density at radius 3 is 2.38 bits per heavy atom. The van der Waals surface area contributed by atoms with Gasteiger partial charge in [-0.25, -0.2) is 0 Å². The second-order valence-corrected chi connectivity index (χ2v) is 11.1. The van der Waals surface area contributed by atoms with Crippen molar-refractivity contribution in [3.63, 3.8) is 0 Å². The van der Waals surface area contributed by atoms with E-state index in [2.05, 4.69) is 144 Å². The average Bonchev–Trinajstić information content (AvgIpc) is 3.02. The van der Waals surface area contributed by atoms with Crippen LogP contribution in [0.25, 0.3) is 12.2 Å². The Labute approximate surface area is 239 Å². The fraction of sp³-hybridized carbons (Fsp3) is 0.263. The molecule has 0 fully saturated rings. The molecule has 2 nitrogen and oxygen atoms in total. The van der Waals surface area contributed by atoms with Crippen molar-refractivity contribution in [2.75, 3.05) is 0 Å². The minimum atomic E-state index is 0.325. The van der Waals surface area contributed by atoms with E-state index in [-0.39, 0.29) is 0 Å². The summed E-state index contributed by atoms with van der Waals surface area (Å²) in [5.41, 5.74) is 4.11. The van der Waals surface area contributed by atoms with Crippen LogP contribution in [-0.2, 0) is 0 Å². The first kappa shape index (κ1) is 26.2. The SMILES string of the molecule is C=CCCC=CN(C1=CC=C(N(C2=CC3C=CC=CC3C=C2)C2C=CC=CC2)CC1)C1C=c2ccccc2=CC1. The molecule has 4 unspecified atom stereocenters. The fourth-order valence-electron chi connectivity index (χ4n) is 6.37. The lowest BCUT2D eigenvalue weighted by Gasteiger charge is -2.40. The quantitative estimate of drug-likeness (QED) is 0.246. The van der Waals surface area contributed by atoms with Crippen LogP contribution in [0.15, 0.2) is 145 Å². The molecule has 2 heteroatoms. The highest BCUT2D eigenvalue weighted by atomic mass is 15.2. The van der Waals surface area contributed by atoms with Gasteiger partial charge in [-0.3, -0.25) is 0 Å². The summed E-state index contributed by atoms with van der Waals surface area (Å²) in [6, 6.07) is 9.40. The molecular weight excluding hydrogens is 484 g/mol. The first-order valence-corrected chi connectivity index (χ1v) is 14.9. The largest absolute Gasteiger partial charge is 0.345 e. The molecule has 202 valence electrons. The zero-order chi connectivity index (χ0) is 27.1. The van der Waals surface area contributed by atoms with Gasteiger partial charge in [0.1, 0.15) is 0 Å². The molecule has 0 aliphatic heterocycles. The predicted octanol–water partition coefficient (Wildman–Crippen LogP) is 7.36. The molecule has 0 saturated heterocycles. The summed E-state index contributed by atoms with van der Waals surface area (Å²) in [7, 11) is 0. The molecule has 0 amide bonds. The van der Waals surface area contributed by atoms with Gasteiger partial charge in [0.15, 0.2) is 0 Å². The lowest BCUT2D eigenvalue weighted by Crippen LogP contribution is -2.38. The van der Waals surface area contributed by atoms with E-state index in [0.717, 1.165) is 38.5 Å². The molecule has 0 spiro atoms. The summed E-state index contributed by atoms with van der Waals surface area (Å²) in [6.07, 6.45) is 47.6.